The maximum atomic E-state index is 12.6. The molecule has 0 saturated heterocycles. The maximum Gasteiger partial charge on any atom is 0.337 e. The second kappa shape index (κ2) is 2.65. The first-order valence-electron chi connectivity index (χ1n) is 3.51. The number of halogens is 6. The lowest BCUT2D eigenvalue weighted by Gasteiger charge is -2.18. The smallest absolute Gasteiger partial charge is 0.199 e. The third-order valence-corrected chi connectivity index (χ3v) is 2.06. The van der Waals surface area contributed by atoms with Gasteiger partial charge in [-0.1, -0.05) is 6.92 Å². The Hall–Kier alpha value is -0.680. The average molecular weight is 204 g/mol. The lowest BCUT2D eigenvalue weighted by Crippen LogP contribution is -2.35. The third kappa shape index (κ3) is 1.32. The molecule has 0 heterocycles. The van der Waals surface area contributed by atoms with Crippen LogP contribution in [0.3, 0.4) is 0 Å². The molecule has 6 heteroatoms. The molecule has 1 saturated carbocycles. The number of allylic oxidation sites excluding steroid dienone is 1. The van der Waals surface area contributed by atoms with E-state index in [0.717, 1.165) is 6.92 Å². The number of rotatable bonds is 0. The molecule has 0 aliphatic heterocycles. The van der Waals surface area contributed by atoms with Crippen LogP contribution >= 0.6 is 0 Å². The van der Waals surface area contributed by atoms with Gasteiger partial charge in [0.15, 0.2) is 0 Å². The lowest BCUT2D eigenvalue weighted by atomic mass is 10.1. The summed E-state index contributed by atoms with van der Waals surface area (Å²) >= 11 is 0. The van der Waals surface area contributed by atoms with Crippen LogP contribution in [0.25, 0.3) is 0 Å². The van der Waals surface area contributed by atoms with Crippen molar-refractivity contribution in [3.05, 3.63) is 11.7 Å². The molecule has 0 bridgehead atoms. The van der Waals surface area contributed by atoms with E-state index in [1.54, 1.807) is 0 Å². The van der Waals surface area contributed by atoms with Gasteiger partial charge in [0.25, 0.3) is 6.08 Å². The molecule has 0 spiro atoms. The van der Waals surface area contributed by atoms with E-state index in [1.807, 2.05) is 0 Å². The van der Waals surface area contributed by atoms with Crippen LogP contribution in [0.15, 0.2) is 11.7 Å². The fourth-order valence-electron chi connectivity index (χ4n) is 1.43. The van der Waals surface area contributed by atoms with E-state index in [2.05, 4.69) is 0 Å². The van der Waals surface area contributed by atoms with Crippen molar-refractivity contribution in [2.45, 2.75) is 25.2 Å². The fraction of sp³-hybridized carbons (Fsp3) is 0.714. The minimum Gasteiger partial charge on any atom is -0.199 e. The molecule has 0 amide bonds. The summed E-state index contributed by atoms with van der Waals surface area (Å²) in [6.45, 7) is 0.934. The van der Waals surface area contributed by atoms with E-state index in [0.29, 0.717) is 0 Å². The summed E-state index contributed by atoms with van der Waals surface area (Å²) in [5.41, 5.74) is -1.72. The van der Waals surface area contributed by atoms with E-state index in [-0.39, 0.29) is 0 Å². The van der Waals surface area contributed by atoms with Crippen LogP contribution in [0.4, 0.5) is 26.3 Å². The zero-order valence-corrected chi connectivity index (χ0v) is 6.55. The first kappa shape index (κ1) is 10.4. The Labute approximate surface area is 70.2 Å². The molecule has 13 heavy (non-hydrogen) atoms. The summed E-state index contributed by atoms with van der Waals surface area (Å²) < 4.78 is 73.9. The van der Waals surface area contributed by atoms with E-state index in [1.165, 1.54) is 0 Å². The Morgan fingerprint density at radius 3 is 1.85 bits per heavy atom. The average Bonchev–Trinajstić information content (AvgIpc) is 1.96. The quantitative estimate of drug-likeness (QED) is 0.530. The Morgan fingerprint density at radius 2 is 1.69 bits per heavy atom. The van der Waals surface area contributed by atoms with Crippen molar-refractivity contribution in [2.24, 2.45) is 5.92 Å². The molecule has 1 unspecified atom stereocenters. The minimum absolute atomic E-state index is 0.934. The van der Waals surface area contributed by atoms with Crippen molar-refractivity contribution in [3.8, 4) is 0 Å². The predicted octanol–water partition coefficient (Wildman–Crippen LogP) is 3.45. The van der Waals surface area contributed by atoms with Gasteiger partial charge >= 0.3 is 11.8 Å². The first-order valence-corrected chi connectivity index (χ1v) is 3.51. The van der Waals surface area contributed by atoms with Crippen molar-refractivity contribution in [3.63, 3.8) is 0 Å². The van der Waals surface area contributed by atoms with Gasteiger partial charge < -0.3 is 0 Å². The van der Waals surface area contributed by atoms with E-state index in [4.69, 9.17) is 0 Å². The molecule has 0 radical (unpaired) electrons. The highest BCUT2D eigenvalue weighted by molar-refractivity contribution is 5.26. The SMILES string of the molecule is CC1CC(F)(F)C(F)(F)C1=C(F)F. The zero-order valence-electron chi connectivity index (χ0n) is 6.55. The standard InChI is InChI=1S/C7H6F6/c1-3-2-6(10,11)7(12,13)4(3)5(8)9/h3H,2H2,1H3. The van der Waals surface area contributed by atoms with Gasteiger partial charge in [-0.3, -0.25) is 0 Å². The van der Waals surface area contributed by atoms with Crippen LogP contribution in [-0.4, -0.2) is 11.8 Å². The van der Waals surface area contributed by atoms with Gasteiger partial charge in [0.1, 0.15) is 0 Å². The first-order chi connectivity index (χ1) is 5.70. The van der Waals surface area contributed by atoms with Crippen molar-refractivity contribution >= 4 is 0 Å². The highest BCUT2D eigenvalue weighted by atomic mass is 19.3. The number of alkyl halides is 4. The van der Waals surface area contributed by atoms with Crippen LogP contribution < -0.4 is 0 Å². The molecule has 76 valence electrons. The van der Waals surface area contributed by atoms with Crippen LogP contribution in [0.1, 0.15) is 13.3 Å². The van der Waals surface area contributed by atoms with Gasteiger partial charge in [-0.2, -0.15) is 26.3 Å². The summed E-state index contributed by atoms with van der Waals surface area (Å²) in [4.78, 5) is 0. The Kier molecular flexibility index (Phi) is 2.12. The van der Waals surface area contributed by atoms with Crippen LogP contribution in [0.2, 0.25) is 0 Å². The van der Waals surface area contributed by atoms with Gasteiger partial charge in [-0.15, -0.1) is 0 Å². The van der Waals surface area contributed by atoms with E-state index >= 15 is 0 Å². The Balaban J connectivity index is 3.22. The molecular formula is C7H6F6. The second-order valence-electron chi connectivity index (χ2n) is 3.06. The van der Waals surface area contributed by atoms with Gasteiger partial charge in [-0.25, -0.2) is 0 Å². The van der Waals surface area contributed by atoms with Crippen molar-refractivity contribution in [1.29, 1.82) is 0 Å². The molecule has 1 aliphatic rings. The fourth-order valence-corrected chi connectivity index (χ4v) is 1.43. The van der Waals surface area contributed by atoms with Crippen molar-refractivity contribution < 1.29 is 26.3 Å². The molecule has 1 atom stereocenters. The largest absolute Gasteiger partial charge is 0.337 e. The van der Waals surface area contributed by atoms with Crippen LogP contribution in [0.5, 0.6) is 0 Å². The van der Waals surface area contributed by atoms with E-state index < -0.39 is 35.8 Å². The molecular weight excluding hydrogens is 198 g/mol. The number of hydrogen-bond donors (Lipinski definition) is 0. The summed E-state index contributed by atoms with van der Waals surface area (Å²) in [7, 11) is 0. The molecule has 1 fully saturated rings. The van der Waals surface area contributed by atoms with Crippen LogP contribution in [0, 0.1) is 5.92 Å². The molecule has 0 N–H and O–H groups in total. The third-order valence-electron chi connectivity index (χ3n) is 2.06. The highest BCUT2D eigenvalue weighted by Crippen LogP contribution is 2.54. The molecule has 0 aromatic rings. The van der Waals surface area contributed by atoms with Gasteiger partial charge in [0.05, 0.1) is 5.57 Å². The Morgan fingerprint density at radius 1 is 1.23 bits per heavy atom. The monoisotopic (exact) mass is 204 g/mol. The topological polar surface area (TPSA) is 0 Å². The number of hydrogen-bond acceptors (Lipinski definition) is 0. The molecule has 1 aliphatic carbocycles. The minimum atomic E-state index is -4.70. The summed E-state index contributed by atoms with van der Waals surface area (Å²) in [6, 6.07) is 0. The molecule has 0 aromatic heterocycles. The Bertz CT molecular complexity index is 250. The predicted molar refractivity (Wildman–Crippen MR) is 32.9 cm³/mol. The lowest BCUT2D eigenvalue weighted by molar-refractivity contribution is -0.169. The van der Waals surface area contributed by atoms with Crippen molar-refractivity contribution in [2.75, 3.05) is 0 Å². The second-order valence-corrected chi connectivity index (χ2v) is 3.06. The van der Waals surface area contributed by atoms with E-state index in [9.17, 15) is 26.3 Å². The zero-order chi connectivity index (χ0) is 10.4. The highest BCUT2D eigenvalue weighted by Gasteiger charge is 2.67. The molecule has 1 rings (SSSR count). The van der Waals surface area contributed by atoms with Crippen molar-refractivity contribution in [1.82, 2.24) is 0 Å². The summed E-state index contributed by atoms with van der Waals surface area (Å²) in [5.74, 6) is -10.5. The molecule has 0 nitrogen and oxygen atoms in total. The van der Waals surface area contributed by atoms with Crippen LogP contribution in [-0.2, 0) is 0 Å². The van der Waals surface area contributed by atoms with Gasteiger partial charge in [0, 0.05) is 6.42 Å². The van der Waals surface area contributed by atoms with Gasteiger partial charge in [-0.05, 0) is 5.92 Å². The van der Waals surface area contributed by atoms with Gasteiger partial charge in [0.2, 0.25) is 0 Å². The maximum absolute atomic E-state index is 12.6. The molecule has 0 aromatic carbocycles. The summed E-state index contributed by atoms with van der Waals surface area (Å²) in [6.07, 6.45) is -3.93. The summed E-state index contributed by atoms with van der Waals surface area (Å²) in [5, 5.41) is 0. The normalized spacial score (nSPS) is 30.7.